The molecule has 1 fully saturated rings. The van der Waals surface area contributed by atoms with Gasteiger partial charge in [0.25, 0.3) is 5.56 Å². The highest BCUT2D eigenvalue weighted by Crippen LogP contribution is 2.66. The van der Waals surface area contributed by atoms with Crippen LogP contribution < -0.4 is 11.2 Å². The number of aliphatic hydroxyl groups excluding tert-OH is 2. The van der Waals surface area contributed by atoms with Crippen LogP contribution in [0.5, 0.6) is 0 Å². The number of aromatic nitrogens is 2. The van der Waals surface area contributed by atoms with Crippen LogP contribution in [0.1, 0.15) is 11.8 Å². The summed E-state index contributed by atoms with van der Waals surface area (Å²) in [7, 11) is -15.9. The molecule has 0 saturated carbocycles. The number of carbonyl (C=O) groups is 1. The van der Waals surface area contributed by atoms with Gasteiger partial charge in [-0.05, 0) is 6.08 Å². The van der Waals surface area contributed by atoms with Crippen molar-refractivity contribution in [1.82, 2.24) is 9.55 Å². The van der Waals surface area contributed by atoms with Crippen LogP contribution in [0.3, 0.4) is 0 Å². The molecule has 198 valence electrons. The summed E-state index contributed by atoms with van der Waals surface area (Å²) in [5, 5.41) is 20.4. The van der Waals surface area contributed by atoms with Crippen LogP contribution in [0.2, 0.25) is 0 Å². The Hall–Kier alpha value is -1.82. The zero-order valence-corrected chi connectivity index (χ0v) is 19.9. The molecule has 0 aliphatic carbocycles. The second-order valence-electron chi connectivity index (χ2n) is 6.54. The van der Waals surface area contributed by atoms with E-state index in [0.717, 1.165) is 25.5 Å². The van der Waals surface area contributed by atoms with Crippen molar-refractivity contribution in [3.63, 3.8) is 0 Å². The van der Waals surface area contributed by atoms with Crippen LogP contribution in [0.15, 0.2) is 21.9 Å². The standard InChI is InChI=1S/C13H19N2O17P3/c1-28-8(16)3-2-6-4-15(13(20)14-11(6)19)12-10(18)9(17)7(30-12)5-29-34(24,25)32-35(26,27)31-33(21,22)23/h2-4,7,9-10,12,17-18H,5H2,1H3,(H,24,25)(H,26,27)(H,14,19,20)(H2,21,22,23)/b3-2+/t7-,9?,10+,12-/m1/s1. The maximum Gasteiger partial charge on any atom is 0.490 e. The Morgan fingerprint density at radius 1 is 1.11 bits per heavy atom. The van der Waals surface area contributed by atoms with Gasteiger partial charge in [-0.2, -0.15) is 8.62 Å². The molecule has 19 nitrogen and oxygen atoms in total. The number of phosphoric acid groups is 3. The normalized spacial score (nSPS) is 26.4. The van der Waals surface area contributed by atoms with Gasteiger partial charge in [0.15, 0.2) is 6.23 Å². The fourth-order valence-corrected chi connectivity index (χ4v) is 5.63. The quantitative estimate of drug-likeness (QED) is 0.0885. The topological polar surface area (TPSA) is 291 Å². The monoisotopic (exact) mass is 568 g/mol. The molecule has 6 atom stereocenters. The van der Waals surface area contributed by atoms with Crippen molar-refractivity contribution in [3.8, 4) is 0 Å². The predicted molar refractivity (Wildman–Crippen MR) is 108 cm³/mol. The number of carbonyl (C=O) groups excluding carboxylic acids is 1. The third-order valence-electron chi connectivity index (χ3n) is 4.02. The maximum absolute atomic E-state index is 12.2. The van der Waals surface area contributed by atoms with Crippen LogP contribution in [-0.4, -0.2) is 77.3 Å². The van der Waals surface area contributed by atoms with E-state index < -0.39 is 71.8 Å². The largest absolute Gasteiger partial charge is 0.490 e. The molecular formula is C13H19N2O17P3. The minimum Gasteiger partial charge on any atom is -0.466 e. The summed E-state index contributed by atoms with van der Waals surface area (Å²) in [5.41, 5.74) is -2.31. The van der Waals surface area contributed by atoms with E-state index in [0.29, 0.717) is 4.57 Å². The number of esters is 1. The van der Waals surface area contributed by atoms with Crippen molar-refractivity contribution in [2.24, 2.45) is 0 Å². The van der Waals surface area contributed by atoms with Gasteiger partial charge in [-0.15, -0.1) is 0 Å². The van der Waals surface area contributed by atoms with Crippen molar-refractivity contribution in [2.45, 2.75) is 24.5 Å². The van der Waals surface area contributed by atoms with Crippen molar-refractivity contribution in [3.05, 3.63) is 38.7 Å². The first-order valence-electron chi connectivity index (χ1n) is 8.86. The van der Waals surface area contributed by atoms with E-state index in [9.17, 15) is 43.2 Å². The van der Waals surface area contributed by atoms with Gasteiger partial charge in [0.1, 0.15) is 18.3 Å². The number of aliphatic hydroxyl groups is 2. The van der Waals surface area contributed by atoms with E-state index in [-0.39, 0.29) is 5.56 Å². The number of hydrogen-bond acceptors (Lipinski definition) is 13. The molecule has 2 rings (SSSR count). The molecule has 1 aromatic rings. The second-order valence-corrected chi connectivity index (χ2v) is 11.0. The van der Waals surface area contributed by atoms with Gasteiger partial charge in [0.05, 0.1) is 19.3 Å². The summed E-state index contributed by atoms with van der Waals surface area (Å²) < 4.78 is 55.4. The van der Waals surface area contributed by atoms with Crippen molar-refractivity contribution < 1.29 is 70.9 Å². The molecular weight excluding hydrogens is 549 g/mol. The SMILES string of the molecule is COC(=O)/C=C/c1cn([C@@H]2O[C@H](COP(=O)(O)OP(=O)(O)OP(=O)(O)O)C(O)[C@@H]2O)c(=O)[nH]c1=O. The molecule has 2 heterocycles. The molecule has 0 bridgehead atoms. The van der Waals surface area contributed by atoms with E-state index in [1.165, 1.54) is 0 Å². The van der Waals surface area contributed by atoms with Gasteiger partial charge in [-0.25, -0.2) is 23.3 Å². The summed E-state index contributed by atoms with van der Waals surface area (Å²) in [6.07, 6.45) is -4.45. The summed E-state index contributed by atoms with van der Waals surface area (Å²) in [5.74, 6) is -0.832. The fourth-order valence-electron chi connectivity index (χ4n) is 2.60. The Morgan fingerprint density at radius 2 is 1.74 bits per heavy atom. The molecule has 0 radical (unpaired) electrons. The molecule has 35 heavy (non-hydrogen) atoms. The Morgan fingerprint density at radius 3 is 2.31 bits per heavy atom. The van der Waals surface area contributed by atoms with Gasteiger partial charge in [-0.3, -0.25) is 18.9 Å². The summed E-state index contributed by atoms with van der Waals surface area (Å²) >= 11 is 0. The van der Waals surface area contributed by atoms with Crippen LogP contribution in [0.4, 0.5) is 0 Å². The third-order valence-corrected chi connectivity index (χ3v) is 7.83. The lowest BCUT2D eigenvalue weighted by atomic mass is 10.1. The summed E-state index contributed by atoms with van der Waals surface area (Å²) in [4.78, 5) is 72.8. The first-order valence-corrected chi connectivity index (χ1v) is 13.4. The maximum atomic E-state index is 12.2. The number of aromatic amines is 1. The minimum absolute atomic E-state index is 0.267. The van der Waals surface area contributed by atoms with Gasteiger partial charge >= 0.3 is 35.1 Å². The smallest absolute Gasteiger partial charge is 0.466 e. The Balaban J connectivity index is 2.18. The predicted octanol–water partition coefficient (Wildman–Crippen LogP) is -2.31. The number of H-pyrrole nitrogens is 1. The molecule has 1 aliphatic heterocycles. The number of phosphoric ester groups is 1. The van der Waals surface area contributed by atoms with Crippen LogP contribution >= 0.6 is 23.5 Å². The average Bonchev–Trinajstić information content (AvgIpc) is 2.97. The molecule has 1 saturated heterocycles. The van der Waals surface area contributed by atoms with E-state index in [2.05, 4.69) is 17.9 Å². The molecule has 3 unspecified atom stereocenters. The lowest BCUT2D eigenvalue weighted by molar-refractivity contribution is -0.134. The first-order chi connectivity index (χ1) is 15.9. The number of ether oxygens (including phenoxy) is 2. The highest BCUT2D eigenvalue weighted by molar-refractivity contribution is 7.66. The number of nitrogens with one attached hydrogen (secondary N) is 1. The van der Waals surface area contributed by atoms with Crippen LogP contribution in [0, 0.1) is 0 Å². The zero-order valence-electron chi connectivity index (χ0n) is 17.2. The van der Waals surface area contributed by atoms with Gasteiger partial charge < -0.3 is 39.3 Å². The van der Waals surface area contributed by atoms with Crippen molar-refractivity contribution >= 4 is 35.5 Å². The lowest BCUT2D eigenvalue weighted by Gasteiger charge is -2.19. The van der Waals surface area contributed by atoms with Crippen LogP contribution in [-0.2, 0) is 41.1 Å². The number of nitrogens with zero attached hydrogens (tertiary/aromatic N) is 1. The first kappa shape index (κ1) is 29.4. The van der Waals surface area contributed by atoms with E-state index in [4.69, 9.17) is 19.4 Å². The van der Waals surface area contributed by atoms with Gasteiger partial charge in [0.2, 0.25) is 0 Å². The molecule has 22 heteroatoms. The number of hydrogen-bond donors (Lipinski definition) is 7. The molecule has 0 amide bonds. The zero-order chi connectivity index (χ0) is 26.8. The summed E-state index contributed by atoms with van der Waals surface area (Å²) in [6, 6.07) is 0. The van der Waals surface area contributed by atoms with E-state index >= 15 is 0 Å². The Bertz CT molecular complexity index is 1230. The molecule has 7 N–H and O–H groups in total. The molecule has 0 aromatic carbocycles. The average molecular weight is 568 g/mol. The molecule has 0 spiro atoms. The fraction of sp³-hybridized carbons (Fsp3) is 0.462. The van der Waals surface area contributed by atoms with Gasteiger partial charge in [0, 0.05) is 12.3 Å². The highest BCUT2D eigenvalue weighted by atomic mass is 31.3. The lowest BCUT2D eigenvalue weighted by Crippen LogP contribution is -2.38. The molecule has 1 aromatic heterocycles. The Labute approximate surface area is 193 Å². The minimum atomic E-state index is -5.79. The van der Waals surface area contributed by atoms with Crippen molar-refractivity contribution in [2.75, 3.05) is 13.7 Å². The third kappa shape index (κ3) is 8.37. The molecule has 1 aliphatic rings. The summed E-state index contributed by atoms with van der Waals surface area (Å²) in [6.45, 7) is -1.12. The number of rotatable bonds is 10. The van der Waals surface area contributed by atoms with Crippen LogP contribution in [0.25, 0.3) is 6.08 Å². The van der Waals surface area contributed by atoms with E-state index in [1.807, 2.05) is 4.98 Å². The van der Waals surface area contributed by atoms with Crippen molar-refractivity contribution in [1.29, 1.82) is 0 Å². The highest BCUT2D eigenvalue weighted by Gasteiger charge is 2.46. The number of methoxy groups -OCH3 is 1. The second kappa shape index (κ2) is 11.1. The Kier molecular flexibility index (Phi) is 9.30. The van der Waals surface area contributed by atoms with Gasteiger partial charge in [-0.1, -0.05) is 0 Å². The van der Waals surface area contributed by atoms with E-state index in [1.54, 1.807) is 0 Å².